The van der Waals surface area contributed by atoms with Crippen LogP contribution in [-0.2, 0) is 27.4 Å². The normalized spacial score (nSPS) is 16.6. The highest BCUT2D eigenvalue weighted by atomic mass is 16.5. The molecule has 1 atom stereocenters. The summed E-state index contributed by atoms with van der Waals surface area (Å²) >= 11 is 0. The van der Waals surface area contributed by atoms with Gasteiger partial charge in [0.2, 0.25) is 5.91 Å². The monoisotopic (exact) mass is 425 g/mol. The average molecular weight is 425 g/mol. The third-order valence-corrected chi connectivity index (χ3v) is 5.04. The summed E-state index contributed by atoms with van der Waals surface area (Å²) in [5.41, 5.74) is 2.83. The number of esters is 1. The van der Waals surface area contributed by atoms with Crippen LogP contribution in [0.25, 0.3) is 11.0 Å². The Morgan fingerprint density at radius 2 is 2.23 bits per heavy atom. The fourth-order valence-electron chi connectivity index (χ4n) is 3.42. The van der Waals surface area contributed by atoms with E-state index in [4.69, 9.17) is 2.74 Å². The second-order valence-corrected chi connectivity index (χ2v) is 7.18. The number of aromatic amines is 1. The van der Waals surface area contributed by atoms with Gasteiger partial charge in [0, 0.05) is 26.2 Å². The van der Waals surface area contributed by atoms with Crippen LogP contribution < -0.4 is 10.6 Å². The van der Waals surface area contributed by atoms with E-state index in [1.807, 2.05) is 24.3 Å². The molecule has 1 aromatic heterocycles. The second kappa shape index (κ2) is 8.47. The van der Waals surface area contributed by atoms with E-state index in [1.54, 1.807) is 0 Å². The van der Waals surface area contributed by atoms with Gasteiger partial charge in [0.05, 0.1) is 32.5 Å². The number of carbonyl (C=O) groups is 3. The van der Waals surface area contributed by atoms with Gasteiger partial charge in [0.15, 0.2) is 0 Å². The summed E-state index contributed by atoms with van der Waals surface area (Å²) in [5.74, 6) is -0.859. The van der Waals surface area contributed by atoms with Gasteiger partial charge in [-0.15, -0.1) is 0 Å². The summed E-state index contributed by atoms with van der Waals surface area (Å²) in [7, 11) is 0.922. The Morgan fingerprint density at radius 3 is 3.00 bits per heavy atom. The molecule has 3 aromatic rings. The minimum Gasteiger partial charge on any atom is -0.469 e. The number of fused-ring (bicyclic) bond motifs is 2. The molecule has 9 heteroatoms. The highest BCUT2D eigenvalue weighted by Gasteiger charge is 2.29. The number of aromatic nitrogens is 2. The third-order valence-electron chi connectivity index (χ3n) is 5.04. The van der Waals surface area contributed by atoms with Crippen LogP contribution >= 0.6 is 0 Å². The summed E-state index contributed by atoms with van der Waals surface area (Å²) in [6.07, 6.45) is -0.210. The van der Waals surface area contributed by atoms with Gasteiger partial charge in [-0.2, -0.15) is 0 Å². The molecule has 2 aromatic carbocycles. The predicted molar refractivity (Wildman–Crippen MR) is 114 cm³/mol. The zero-order valence-electron chi connectivity index (χ0n) is 18.9. The fourth-order valence-corrected chi connectivity index (χ4v) is 3.42. The molecule has 0 aliphatic carbocycles. The molecule has 9 nitrogen and oxygen atoms in total. The Morgan fingerprint density at radius 1 is 1.39 bits per heavy atom. The molecule has 4 rings (SSSR count). The summed E-state index contributed by atoms with van der Waals surface area (Å²) in [4.78, 5) is 46.1. The molecule has 0 saturated heterocycles. The maximum absolute atomic E-state index is 12.8. The second-order valence-electron chi connectivity index (χ2n) is 7.18. The van der Waals surface area contributed by atoms with E-state index in [-0.39, 0.29) is 38.1 Å². The van der Waals surface area contributed by atoms with E-state index in [0.717, 1.165) is 11.0 Å². The van der Waals surface area contributed by atoms with Crippen LogP contribution in [0.4, 0.5) is 5.69 Å². The topological polar surface area (TPSA) is 116 Å². The van der Waals surface area contributed by atoms with E-state index < -0.39 is 23.8 Å². The quantitative estimate of drug-likeness (QED) is 0.537. The van der Waals surface area contributed by atoms with Crippen molar-refractivity contribution in [1.82, 2.24) is 20.2 Å². The van der Waals surface area contributed by atoms with Gasteiger partial charge in [0.25, 0.3) is 5.91 Å². The minimum absolute atomic E-state index is 0.0352. The lowest BCUT2D eigenvalue weighted by atomic mass is 10.1. The van der Waals surface area contributed by atoms with Crippen molar-refractivity contribution in [3.63, 3.8) is 0 Å². The number of benzene rings is 2. The van der Waals surface area contributed by atoms with Crippen molar-refractivity contribution in [3.05, 3.63) is 59.4 Å². The number of hydrogen-bond donors (Lipinski definition) is 3. The standard InChI is InChI=1S/C22H23N5O4/c1-27-12-14-9-13(7-8-15(14)24-18(22(27)30)10-20(28)31-2)21(29)23-11-19-25-16-5-3-4-6-17(16)26-19/h3-9,18,24H,10-12H2,1-2H3,(H,23,29)(H,25,26)/t18-/m0/s1/i1T,7T. The van der Waals surface area contributed by atoms with Crippen LogP contribution in [0.3, 0.4) is 0 Å². The molecule has 1 aliphatic rings. The van der Waals surface area contributed by atoms with Gasteiger partial charge in [-0.3, -0.25) is 14.4 Å². The maximum Gasteiger partial charge on any atom is 0.308 e. The van der Waals surface area contributed by atoms with Gasteiger partial charge >= 0.3 is 5.97 Å². The number of rotatable bonds is 5. The van der Waals surface area contributed by atoms with E-state index in [2.05, 4.69) is 25.3 Å². The van der Waals surface area contributed by atoms with Crippen LogP contribution in [-0.4, -0.2) is 52.8 Å². The summed E-state index contributed by atoms with van der Waals surface area (Å²) < 4.78 is 20.7. The van der Waals surface area contributed by atoms with Crippen molar-refractivity contribution in [2.24, 2.45) is 0 Å². The first-order valence-corrected chi connectivity index (χ1v) is 9.66. The lowest BCUT2D eigenvalue weighted by Crippen LogP contribution is -2.39. The number of H-pyrrole nitrogens is 1. The largest absolute Gasteiger partial charge is 0.469 e. The van der Waals surface area contributed by atoms with Gasteiger partial charge in [-0.25, -0.2) is 4.98 Å². The number of ether oxygens (including phenoxy) is 1. The number of likely N-dealkylation sites (N-methyl/N-ethyl adjacent to an activating group) is 1. The molecule has 160 valence electrons. The van der Waals surface area contributed by atoms with Crippen LogP contribution in [0.15, 0.2) is 42.4 Å². The van der Waals surface area contributed by atoms with Crippen molar-refractivity contribution in [3.8, 4) is 0 Å². The van der Waals surface area contributed by atoms with Gasteiger partial charge < -0.3 is 25.3 Å². The highest BCUT2D eigenvalue weighted by molar-refractivity contribution is 5.96. The molecule has 0 unspecified atom stereocenters. The Bertz CT molecular complexity index is 1200. The van der Waals surface area contributed by atoms with Gasteiger partial charge in [0.1, 0.15) is 11.9 Å². The molecule has 0 radical (unpaired) electrons. The SMILES string of the molecule is [3H]CN1Cc2cc(C(=O)NCc3nc4ccccc4[nH]3)c([3H])cc2N[C@@H](CC(=O)OC)C1=O. The van der Waals surface area contributed by atoms with Crippen molar-refractivity contribution in [2.75, 3.05) is 19.5 Å². The first-order chi connectivity index (χ1) is 15.9. The van der Waals surface area contributed by atoms with Gasteiger partial charge in [-0.05, 0) is 35.9 Å². The molecule has 0 spiro atoms. The summed E-state index contributed by atoms with van der Waals surface area (Å²) in [6, 6.07) is 9.56. The highest BCUT2D eigenvalue weighted by Crippen LogP contribution is 2.25. The van der Waals surface area contributed by atoms with Crippen molar-refractivity contribution >= 4 is 34.5 Å². The Labute approximate surface area is 181 Å². The number of carbonyl (C=O) groups excluding carboxylic acids is 3. The lowest BCUT2D eigenvalue weighted by Gasteiger charge is -2.19. The van der Waals surface area contributed by atoms with Crippen LogP contribution in [0, 0.1) is 0 Å². The molecule has 0 saturated carbocycles. The average Bonchev–Trinajstić information content (AvgIpc) is 3.18. The number of imidazole rings is 1. The number of hydrogen-bond acceptors (Lipinski definition) is 6. The summed E-state index contributed by atoms with van der Waals surface area (Å²) in [5, 5.41) is 5.74. The molecule has 3 N–H and O–H groups in total. The van der Waals surface area contributed by atoms with Crippen molar-refractivity contribution < 1.29 is 21.9 Å². The first kappa shape index (κ1) is 17.9. The third kappa shape index (κ3) is 4.35. The van der Waals surface area contributed by atoms with E-state index in [0.29, 0.717) is 17.1 Å². The molecular weight excluding hydrogens is 398 g/mol. The first-order valence-electron chi connectivity index (χ1n) is 10.9. The Hall–Kier alpha value is -3.88. The molecule has 0 bridgehead atoms. The number of amides is 2. The number of para-hydroxylation sites is 2. The zero-order valence-corrected chi connectivity index (χ0v) is 16.9. The smallest absolute Gasteiger partial charge is 0.308 e. The van der Waals surface area contributed by atoms with Crippen LogP contribution in [0.5, 0.6) is 0 Å². The van der Waals surface area contributed by atoms with E-state index in [9.17, 15) is 14.4 Å². The van der Waals surface area contributed by atoms with E-state index >= 15 is 0 Å². The number of nitrogens with one attached hydrogen (secondary N) is 3. The predicted octanol–water partition coefficient (Wildman–Crippen LogP) is 1.81. The van der Waals surface area contributed by atoms with Gasteiger partial charge in [-0.1, -0.05) is 12.1 Å². The minimum atomic E-state index is -0.920. The fraction of sp³-hybridized carbons (Fsp3) is 0.273. The molecule has 31 heavy (non-hydrogen) atoms. The molecule has 2 heterocycles. The number of methoxy groups -OCH3 is 1. The van der Waals surface area contributed by atoms with Crippen molar-refractivity contribution in [2.45, 2.75) is 25.6 Å². The zero-order chi connectivity index (χ0) is 23.5. The van der Waals surface area contributed by atoms with Crippen molar-refractivity contribution in [1.29, 1.82) is 0 Å². The summed E-state index contributed by atoms with van der Waals surface area (Å²) in [6.45, 7) is 0.229. The lowest BCUT2D eigenvalue weighted by molar-refractivity contribution is -0.143. The molecular formula is C22H23N5O4. The molecule has 2 amide bonds. The van der Waals surface area contributed by atoms with Crippen LogP contribution in [0.2, 0.25) is 0 Å². The Kier molecular flexibility index (Phi) is 4.90. The Balaban J connectivity index is 1.55. The number of anilines is 1. The molecule has 0 fully saturated rings. The molecule has 1 aliphatic heterocycles. The van der Waals surface area contributed by atoms with E-state index in [1.165, 1.54) is 24.1 Å². The maximum atomic E-state index is 12.8. The number of nitrogens with zero attached hydrogens (tertiary/aromatic N) is 2. The van der Waals surface area contributed by atoms with Crippen LogP contribution in [0.1, 0.15) is 30.9 Å².